The minimum absolute atomic E-state index is 0.0619. The fourth-order valence-corrected chi connectivity index (χ4v) is 2.39. The number of benzene rings is 2. The Labute approximate surface area is 143 Å². The van der Waals surface area contributed by atoms with E-state index in [1.165, 1.54) is 6.07 Å². The van der Waals surface area contributed by atoms with Gasteiger partial charge in [-0.3, -0.25) is 20.4 Å². The van der Waals surface area contributed by atoms with Crippen LogP contribution in [0.4, 0.5) is 4.39 Å². The van der Waals surface area contributed by atoms with Gasteiger partial charge in [-0.05, 0) is 30.2 Å². The first-order valence-electron chi connectivity index (χ1n) is 7.82. The molecular weight excluding hydrogens is 321 g/mol. The highest BCUT2D eigenvalue weighted by molar-refractivity contribution is 5.95. The van der Waals surface area contributed by atoms with Gasteiger partial charge in [-0.25, -0.2) is 9.37 Å². The minimum atomic E-state index is -0.509. The summed E-state index contributed by atoms with van der Waals surface area (Å²) < 4.78 is 13.5. The zero-order chi connectivity index (χ0) is 17.6. The predicted octanol–water partition coefficient (Wildman–Crippen LogP) is 2.77. The molecule has 1 aromatic heterocycles. The van der Waals surface area contributed by atoms with Gasteiger partial charge in [0.2, 0.25) is 5.91 Å². The van der Waals surface area contributed by atoms with Crippen molar-refractivity contribution in [3.8, 4) is 0 Å². The van der Waals surface area contributed by atoms with Crippen LogP contribution < -0.4 is 10.9 Å². The number of carbonyl (C=O) groups excluding carboxylic acids is 2. The molecule has 0 atom stereocenters. The van der Waals surface area contributed by atoms with Gasteiger partial charge >= 0.3 is 0 Å². The molecule has 25 heavy (non-hydrogen) atoms. The molecule has 0 fully saturated rings. The normalized spacial score (nSPS) is 10.4. The number of aryl methyl sites for hydroxylation is 1. The number of para-hydroxylation sites is 1. The first kappa shape index (κ1) is 16.6. The topological polar surface area (TPSA) is 71.1 Å². The maximum Gasteiger partial charge on any atom is 0.288 e. The Morgan fingerprint density at radius 3 is 2.52 bits per heavy atom. The number of amides is 2. The first-order chi connectivity index (χ1) is 12.1. The first-order valence-corrected chi connectivity index (χ1v) is 7.82. The summed E-state index contributed by atoms with van der Waals surface area (Å²) in [4.78, 5) is 28.1. The SMILES string of the molecule is O=C(CCc1ccccc1F)NNC(=O)c1ccc2ccccc2n1. The third kappa shape index (κ3) is 4.17. The van der Waals surface area contributed by atoms with Crippen molar-refractivity contribution in [2.75, 3.05) is 0 Å². The Balaban J connectivity index is 1.54. The van der Waals surface area contributed by atoms with E-state index in [1.54, 1.807) is 36.4 Å². The highest BCUT2D eigenvalue weighted by Gasteiger charge is 2.10. The van der Waals surface area contributed by atoms with Crippen molar-refractivity contribution in [2.24, 2.45) is 0 Å². The summed E-state index contributed by atoms with van der Waals surface area (Å²) in [5.74, 6) is -1.26. The Morgan fingerprint density at radius 1 is 0.920 bits per heavy atom. The van der Waals surface area contributed by atoms with Crippen LogP contribution in [0.2, 0.25) is 0 Å². The van der Waals surface area contributed by atoms with Gasteiger partial charge in [-0.15, -0.1) is 0 Å². The van der Waals surface area contributed by atoms with Crippen LogP contribution in [-0.2, 0) is 11.2 Å². The number of hydrogen-bond donors (Lipinski definition) is 2. The molecule has 0 aliphatic heterocycles. The van der Waals surface area contributed by atoms with Crippen LogP contribution in [0, 0.1) is 5.82 Å². The smallest absolute Gasteiger partial charge is 0.273 e. The number of fused-ring (bicyclic) bond motifs is 1. The number of halogens is 1. The number of carbonyl (C=O) groups is 2. The van der Waals surface area contributed by atoms with E-state index >= 15 is 0 Å². The number of nitrogens with zero attached hydrogens (tertiary/aromatic N) is 1. The van der Waals surface area contributed by atoms with Gasteiger partial charge in [0, 0.05) is 11.8 Å². The summed E-state index contributed by atoms with van der Waals surface area (Å²) in [5.41, 5.74) is 5.99. The van der Waals surface area contributed by atoms with E-state index in [0.717, 1.165) is 5.39 Å². The summed E-state index contributed by atoms with van der Waals surface area (Å²) in [6.07, 6.45) is 0.314. The lowest BCUT2D eigenvalue weighted by atomic mass is 10.1. The summed E-state index contributed by atoms with van der Waals surface area (Å²) in [5, 5.41) is 0.924. The summed E-state index contributed by atoms with van der Waals surface area (Å²) in [7, 11) is 0. The number of rotatable bonds is 4. The molecule has 0 saturated heterocycles. The van der Waals surface area contributed by atoms with Crippen LogP contribution in [-0.4, -0.2) is 16.8 Å². The van der Waals surface area contributed by atoms with Gasteiger partial charge in [-0.2, -0.15) is 0 Å². The van der Waals surface area contributed by atoms with E-state index in [-0.39, 0.29) is 24.4 Å². The Kier molecular flexibility index (Phi) is 4.99. The molecule has 3 aromatic rings. The number of hydrazine groups is 1. The van der Waals surface area contributed by atoms with E-state index in [0.29, 0.717) is 11.1 Å². The third-order valence-electron chi connectivity index (χ3n) is 3.73. The van der Waals surface area contributed by atoms with Crippen LogP contribution in [0.3, 0.4) is 0 Å². The van der Waals surface area contributed by atoms with Crippen LogP contribution in [0.15, 0.2) is 60.7 Å². The molecule has 0 aliphatic rings. The molecule has 0 unspecified atom stereocenters. The molecule has 5 nitrogen and oxygen atoms in total. The molecular formula is C19H16FN3O2. The van der Waals surface area contributed by atoms with Crippen molar-refractivity contribution in [2.45, 2.75) is 12.8 Å². The average molecular weight is 337 g/mol. The second-order valence-corrected chi connectivity index (χ2v) is 5.48. The van der Waals surface area contributed by atoms with Crippen LogP contribution in [0.5, 0.6) is 0 Å². The fourth-order valence-electron chi connectivity index (χ4n) is 2.39. The van der Waals surface area contributed by atoms with Gasteiger partial charge in [0.1, 0.15) is 11.5 Å². The minimum Gasteiger partial charge on any atom is -0.273 e. The maximum atomic E-state index is 13.5. The van der Waals surface area contributed by atoms with Crippen LogP contribution in [0.25, 0.3) is 10.9 Å². The molecule has 126 valence electrons. The number of nitrogens with one attached hydrogen (secondary N) is 2. The molecule has 0 bridgehead atoms. The maximum absolute atomic E-state index is 13.5. The van der Waals surface area contributed by atoms with Gasteiger partial charge in [0.15, 0.2) is 0 Å². The van der Waals surface area contributed by atoms with Crippen LogP contribution in [0.1, 0.15) is 22.5 Å². The monoisotopic (exact) mass is 337 g/mol. The summed E-state index contributed by atoms with van der Waals surface area (Å²) in [6, 6.07) is 17.1. The Bertz CT molecular complexity index is 927. The van der Waals surface area contributed by atoms with E-state index in [4.69, 9.17) is 0 Å². The zero-order valence-electron chi connectivity index (χ0n) is 13.3. The predicted molar refractivity (Wildman–Crippen MR) is 92.1 cm³/mol. The zero-order valence-corrected chi connectivity index (χ0v) is 13.3. The molecule has 2 amide bonds. The molecule has 0 radical (unpaired) electrons. The van der Waals surface area contributed by atoms with Gasteiger partial charge in [0.05, 0.1) is 5.52 Å². The Morgan fingerprint density at radius 2 is 1.68 bits per heavy atom. The van der Waals surface area contributed by atoms with Crippen LogP contribution >= 0.6 is 0 Å². The lowest BCUT2D eigenvalue weighted by molar-refractivity contribution is -0.121. The number of aromatic nitrogens is 1. The third-order valence-corrected chi connectivity index (χ3v) is 3.73. The second-order valence-electron chi connectivity index (χ2n) is 5.48. The largest absolute Gasteiger partial charge is 0.288 e. The number of pyridine rings is 1. The highest BCUT2D eigenvalue weighted by atomic mass is 19.1. The van der Waals surface area contributed by atoms with E-state index in [9.17, 15) is 14.0 Å². The molecule has 0 spiro atoms. The quantitative estimate of drug-likeness (QED) is 0.719. The lowest BCUT2D eigenvalue weighted by Gasteiger charge is -2.08. The lowest BCUT2D eigenvalue weighted by Crippen LogP contribution is -2.42. The van der Waals surface area contributed by atoms with Crippen molar-refractivity contribution < 1.29 is 14.0 Å². The summed E-state index contributed by atoms with van der Waals surface area (Å²) in [6.45, 7) is 0. The van der Waals surface area contributed by atoms with Crippen molar-refractivity contribution in [1.82, 2.24) is 15.8 Å². The van der Waals surface area contributed by atoms with E-state index in [2.05, 4.69) is 15.8 Å². The fraction of sp³-hybridized carbons (Fsp3) is 0.105. The Hall–Kier alpha value is -3.28. The average Bonchev–Trinajstić information content (AvgIpc) is 2.65. The number of hydrogen-bond acceptors (Lipinski definition) is 3. The second kappa shape index (κ2) is 7.53. The van der Waals surface area contributed by atoms with Crippen molar-refractivity contribution >= 4 is 22.7 Å². The highest BCUT2D eigenvalue weighted by Crippen LogP contribution is 2.11. The standard InChI is InChI=1S/C19H16FN3O2/c20-15-7-3-1-5-13(15)10-12-18(24)22-23-19(25)17-11-9-14-6-2-4-8-16(14)21-17/h1-9,11H,10,12H2,(H,22,24)(H,23,25). The molecule has 2 N–H and O–H groups in total. The molecule has 0 saturated carbocycles. The van der Waals surface area contributed by atoms with Crippen molar-refractivity contribution in [1.29, 1.82) is 0 Å². The summed E-state index contributed by atoms with van der Waals surface area (Å²) >= 11 is 0. The van der Waals surface area contributed by atoms with Gasteiger partial charge in [-0.1, -0.05) is 42.5 Å². The molecule has 1 heterocycles. The molecule has 6 heteroatoms. The van der Waals surface area contributed by atoms with E-state index in [1.807, 2.05) is 18.2 Å². The molecule has 0 aliphatic carbocycles. The van der Waals surface area contributed by atoms with Gasteiger partial charge in [0.25, 0.3) is 5.91 Å². The van der Waals surface area contributed by atoms with Crippen molar-refractivity contribution in [3.63, 3.8) is 0 Å². The van der Waals surface area contributed by atoms with Gasteiger partial charge < -0.3 is 0 Å². The molecule has 2 aromatic carbocycles. The molecule has 3 rings (SSSR count). The van der Waals surface area contributed by atoms with Crippen molar-refractivity contribution in [3.05, 3.63) is 77.7 Å². The van der Waals surface area contributed by atoms with E-state index < -0.39 is 11.8 Å².